The Balaban J connectivity index is 1.85. The molecule has 0 aromatic heterocycles. The normalized spacial score (nSPS) is 12.1. The zero-order valence-corrected chi connectivity index (χ0v) is 23.2. The quantitative estimate of drug-likeness (QED) is 0.305. The van der Waals surface area contributed by atoms with Gasteiger partial charge in [0, 0.05) is 31.0 Å². The maximum atomic E-state index is 13.7. The lowest BCUT2D eigenvalue weighted by molar-refractivity contribution is -0.141. The van der Waals surface area contributed by atoms with E-state index in [9.17, 15) is 9.59 Å². The van der Waals surface area contributed by atoms with Gasteiger partial charge >= 0.3 is 0 Å². The first-order chi connectivity index (χ1) is 17.7. The van der Waals surface area contributed by atoms with Gasteiger partial charge in [-0.05, 0) is 52.6 Å². The van der Waals surface area contributed by atoms with Crippen molar-refractivity contribution in [1.82, 2.24) is 10.2 Å². The molecule has 1 unspecified atom stereocenters. The molecular weight excluding hydrogens is 480 g/mol. The molecule has 0 heterocycles. The summed E-state index contributed by atoms with van der Waals surface area (Å²) in [6.45, 7) is 9.52. The van der Waals surface area contributed by atoms with Gasteiger partial charge in [-0.1, -0.05) is 106 Å². The molecule has 0 aliphatic carbocycles. The number of halogens is 1. The standard InChI is InChI=1S/C32H39ClN2O2/c1-5-21-34-31(37)29(22-25-9-7-6-8-10-25)35(23-26-13-18-28(33)19-14-26)30(36)20-15-24-11-16-27(17-12-24)32(2,3)4/h6-14,16-19,29H,5,15,20-23H2,1-4H3,(H,34,37). The number of rotatable bonds is 11. The van der Waals surface area contributed by atoms with Crippen LogP contribution in [-0.2, 0) is 34.4 Å². The molecular formula is C32H39ClN2O2. The molecule has 2 amide bonds. The molecule has 196 valence electrons. The van der Waals surface area contributed by atoms with E-state index in [1.807, 2.05) is 61.5 Å². The van der Waals surface area contributed by atoms with Crippen molar-refractivity contribution in [3.63, 3.8) is 0 Å². The number of aryl methyl sites for hydroxylation is 1. The maximum absolute atomic E-state index is 13.7. The van der Waals surface area contributed by atoms with Crippen LogP contribution in [0.25, 0.3) is 0 Å². The Labute approximate surface area is 227 Å². The molecule has 0 bridgehead atoms. The fraction of sp³-hybridized carbons (Fsp3) is 0.375. The van der Waals surface area contributed by atoms with Crippen LogP contribution in [0.1, 0.15) is 62.8 Å². The second kappa shape index (κ2) is 13.4. The molecule has 3 rings (SSSR count). The van der Waals surface area contributed by atoms with Crippen molar-refractivity contribution in [3.05, 3.63) is 106 Å². The largest absolute Gasteiger partial charge is 0.354 e. The van der Waals surface area contributed by atoms with Gasteiger partial charge in [-0.15, -0.1) is 0 Å². The number of hydrogen-bond acceptors (Lipinski definition) is 2. The highest BCUT2D eigenvalue weighted by Crippen LogP contribution is 2.23. The second-order valence-electron chi connectivity index (χ2n) is 10.6. The Kier molecular flexibility index (Phi) is 10.3. The predicted octanol–water partition coefficient (Wildman–Crippen LogP) is 6.74. The molecule has 3 aromatic carbocycles. The molecule has 4 nitrogen and oxygen atoms in total. The first kappa shape index (κ1) is 28.5. The summed E-state index contributed by atoms with van der Waals surface area (Å²) >= 11 is 6.10. The fourth-order valence-electron chi connectivity index (χ4n) is 4.27. The highest BCUT2D eigenvalue weighted by atomic mass is 35.5. The molecule has 0 saturated heterocycles. The first-order valence-corrected chi connectivity index (χ1v) is 13.5. The average molecular weight is 519 g/mol. The van der Waals surface area contributed by atoms with E-state index in [0.29, 0.717) is 37.4 Å². The molecule has 0 radical (unpaired) electrons. The molecule has 5 heteroatoms. The van der Waals surface area contributed by atoms with Gasteiger partial charge in [0.1, 0.15) is 6.04 Å². The molecule has 0 saturated carbocycles. The van der Waals surface area contributed by atoms with Gasteiger partial charge in [0.2, 0.25) is 11.8 Å². The third-order valence-corrected chi connectivity index (χ3v) is 6.79. The Morgan fingerprint density at radius 2 is 1.49 bits per heavy atom. The minimum atomic E-state index is -0.611. The third kappa shape index (κ3) is 8.75. The summed E-state index contributed by atoms with van der Waals surface area (Å²) in [5.74, 6) is -0.162. The zero-order valence-electron chi connectivity index (χ0n) is 22.5. The van der Waals surface area contributed by atoms with E-state index in [1.165, 1.54) is 5.56 Å². The van der Waals surface area contributed by atoms with Crippen LogP contribution in [0.15, 0.2) is 78.9 Å². The van der Waals surface area contributed by atoms with E-state index in [2.05, 4.69) is 50.4 Å². The molecule has 37 heavy (non-hydrogen) atoms. The van der Waals surface area contributed by atoms with Gasteiger partial charge in [-0.2, -0.15) is 0 Å². The topological polar surface area (TPSA) is 49.4 Å². The number of benzene rings is 3. The van der Waals surface area contributed by atoms with Crippen LogP contribution < -0.4 is 5.32 Å². The average Bonchev–Trinajstić information content (AvgIpc) is 2.89. The highest BCUT2D eigenvalue weighted by Gasteiger charge is 2.30. The van der Waals surface area contributed by atoms with Gasteiger partial charge in [0.25, 0.3) is 0 Å². The lowest BCUT2D eigenvalue weighted by Gasteiger charge is -2.31. The van der Waals surface area contributed by atoms with Crippen molar-refractivity contribution in [1.29, 1.82) is 0 Å². The van der Waals surface area contributed by atoms with Crippen molar-refractivity contribution in [2.75, 3.05) is 6.54 Å². The summed E-state index contributed by atoms with van der Waals surface area (Å²) in [7, 11) is 0. The van der Waals surface area contributed by atoms with Crippen LogP contribution in [0.5, 0.6) is 0 Å². The monoisotopic (exact) mass is 518 g/mol. The fourth-order valence-corrected chi connectivity index (χ4v) is 4.40. The van der Waals surface area contributed by atoms with Gasteiger partial charge in [0.05, 0.1) is 0 Å². The number of carbonyl (C=O) groups is 2. The van der Waals surface area contributed by atoms with E-state index in [-0.39, 0.29) is 17.2 Å². The van der Waals surface area contributed by atoms with Crippen LogP contribution >= 0.6 is 11.6 Å². The number of carbonyl (C=O) groups excluding carboxylic acids is 2. The number of amides is 2. The molecule has 0 spiro atoms. The zero-order chi connectivity index (χ0) is 26.8. The van der Waals surface area contributed by atoms with E-state index in [0.717, 1.165) is 23.1 Å². The lowest BCUT2D eigenvalue weighted by Crippen LogP contribution is -2.50. The van der Waals surface area contributed by atoms with E-state index in [1.54, 1.807) is 4.90 Å². The molecule has 1 N–H and O–H groups in total. The Morgan fingerprint density at radius 1 is 0.865 bits per heavy atom. The van der Waals surface area contributed by atoms with Gasteiger partial charge in [-0.25, -0.2) is 0 Å². The van der Waals surface area contributed by atoms with Crippen LogP contribution in [-0.4, -0.2) is 29.3 Å². The molecule has 0 fully saturated rings. The minimum Gasteiger partial charge on any atom is -0.354 e. The Hall–Kier alpha value is -3.11. The lowest BCUT2D eigenvalue weighted by atomic mass is 9.86. The maximum Gasteiger partial charge on any atom is 0.243 e. The predicted molar refractivity (Wildman–Crippen MR) is 153 cm³/mol. The minimum absolute atomic E-state index is 0.0394. The second-order valence-corrected chi connectivity index (χ2v) is 11.0. The molecule has 0 aliphatic heterocycles. The van der Waals surface area contributed by atoms with Crippen molar-refractivity contribution in [3.8, 4) is 0 Å². The summed E-state index contributed by atoms with van der Waals surface area (Å²) in [5.41, 5.74) is 4.42. The van der Waals surface area contributed by atoms with Crippen molar-refractivity contribution in [2.24, 2.45) is 0 Å². The third-order valence-electron chi connectivity index (χ3n) is 6.53. The Morgan fingerprint density at radius 3 is 2.08 bits per heavy atom. The van der Waals surface area contributed by atoms with Crippen LogP contribution in [0.3, 0.4) is 0 Å². The smallest absolute Gasteiger partial charge is 0.243 e. The summed E-state index contributed by atoms with van der Waals surface area (Å²) in [5, 5.41) is 3.66. The van der Waals surface area contributed by atoms with E-state index in [4.69, 9.17) is 11.6 Å². The molecule has 3 aromatic rings. The molecule has 0 aliphatic rings. The summed E-state index contributed by atoms with van der Waals surface area (Å²) in [4.78, 5) is 28.9. The van der Waals surface area contributed by atoms with Crippen molar-refractivity contribution < 1.29 is 9.59 Å². The van der Waals surface area contributed by atoms with Crippen LogP contribution in [0.4, 0.5) is 0 Å². The number of nitrogens with zero attached hydrogens (tertiary/aromatic N) is 1. The number of hydrogen-bond donors (Lipinski definition) is 1. The van der Waals surface area contributed by atoms with Crippen LogP contribution in [0, 0.1) is 0 Å². The first-order valence-electron chi connectivity index (χ1n) is 13.1. The number of nitrogens with one attached hydrogen (secondary N) is 1. The van der Waals surface area contributed by atoms with E-state index >= 15 is 0 Å². The summed E-state index contributed by atoms with van der Waals surface area (Å²) in [6.07, 6.45) is 2.24. The van der Waals surface area contributed by atoms with Gasteiger partial charge in [-0.3, -0.25) is 9.59 Å². The van der Waals surface area contributed by atoms with Gasteiger partial charge < -0.3 is 10.2 Å². The van der Waals surface area contributed by atoms with Gasteiger partial charge in [0.15, 0.2) is 0 Å². The van der Waals surface area contributed by atoms with Crippen molar-refractivity contribution >= 4 is 23.4 Å². The van der Waals surface area contributed by atoms with E-state index < -0.39 is 6.04 Å². The Bertz CT molecular complexity index is 1140. The van der Waals surface area contributed by atoms with Crippen molar-refractivity contribution in [2.45, 2.75) is 71.4 Å². The van der Waals surface area contributed by atoms with Crippen LogP contribution in [0.2, 0.25) is 5.02 Å². The molecule has 1 atom stereocenters. The summed E-state index contributed by atoms with van der Waals surface area (Å²) in [6, 6.07) is 25.2. The summed E-state index contributed by atoms with van der Waals surface area (Å²) < 4.78 is 0. The SMILES string of the molecule is CCCNC(=O)C(Cc1ccccc1)N(Cc1ccc(Cl)cc1)C(=O)CCc1ccc(C(C)(C)C)cc1. The highest BCUT2D eigenvalue weighted by molar-refractivity contribution is 6.30.